The third-order valence-electron chi connectivity index (χ3n) is 5.11. The minimum atomic E-state index is 0.0808. The number of nitrogens with one attached hydrogen (secondary N) is 1. The number of benzene rings is 2. The lowest BCUT2D eigenvalue weighted by molar-refractivity contribution is -0.122. The Kier molecular flexibility index (Phi) is 7.27. The van der Waals surface area contributed by atoms with Crippen LogP contribution < -0.4 is 5.32 Å². The largest absolute Gasteiger partial charge is 0.351 e. The van der Waals surface area contributed by atoms with E-state index in [0.29, 0.717) is 18.1 Å². The number of aryl methyl sites for hydroxylation is 1. The van der Waals surface area contributed by atoms with Gasteiger partial charge in [0, 0.05) is 31.2 Å². The van der Waals surface area contributed by atoms with Crippen molar-refractivity contribution in [1.82, 2.24) is 15.1 Å². The number of amides is 1. The van der Waals surface area contributed by atoms with E-state index in [1.54, 1.807) is 0 Å². The van der Waals surface area contributed by atoms with Gasteiger partial charge in [0.2, 0.25) is 5.91 Å². The predicted molar refractivity (Wildman–Crippen MR) is 111 cm³/mol. The van der Waals surface area contributed by atoms with Crippen LogP contribution in [0.15, 0.2) is 48.5 Å². The lowest BCUT2D eigenvalue weighted by Crippen LogP contribution is -2.39. The van der Waals surface area contributed by atoms with Crippen molar-refractivity contribution in [2.45, 2.75) is 26.4 Å². The van der Waals surface area contributed by atoms with Gasteiger partial charge in [-0.2, -0.15) is 0 Å². The molecule has 3 rings (SSSR count). The van der Waals surface area contributed by atoms with E-state index in [0.717, 1.165) is 44.7 Å². The van der Waals surface area contributed by atoms with E-state index in [-0.39, 0.29) is 5.91 Å². The first-order valence-electron chi connectivity index (χ1n) is 9.60. The smallest absolute Gasteiger partial charge is 0.234 e. The van der Waals surface area contributed by atoms with Gasteiger partial charge in [0.05, 0.1) is 6.54 Å². The van der Waals surface area contributed by atoms with Crippen LogP contribution in [0, 0.1) is 6.92 Å². The molecule has 2 aromatic rings. The maximum atomic E-state index is 12.3. The second-order valence-corrected chi connectivity index (χ2v) is 7.67. The van der Waals surface area contributed by atoms with Crippen molar-refractivity contribution >= 4 is 17.5 Å². The van der Waals surface area contributed by atoms with Gasteiger partial charge in [0.25, 0.3) is 0 Å². The Morgan fingerprint density at radius 3 is 2.48 bits per heavy atom. The van der Waals surface area contributed by atoms with Gasteiger partial charge in [-0.1, -0.05) is 48.0 Å². The Hall–Kier alpha value is -1.88. The second-order valence-electron chi connectivity index (χ2n) is 7.24. The maximum absolute atomic E-state index is 12.3. The minimum absolute atomic E-state index is 0.0808. The number of nitrogens with zero attached hydrogens (tertiary/aromatic N) is 2. The summed E-state index contributed by atoms with van der Waals surface area (Å²) in [5.74, 6) is 0.0808. The minimum Gasteiger partial charge on any atom is -0.351 e. The van der Waals surface area contributed by atoms with E-state index in [1.165, 1.54) is 11.1 Å². The Labute approximate surface area is 167 Å². The van der Waals surface area contributed by atoms with Crippen LogP contribution in [0.25, 0.3) is 0 Å². The van der Waals surface area contributed by atoms with Crippen LogP contribution in [-0.2, 0) is 17.9 Å². The molecule has 0 bridgehead atoms. The van der Waals surface area contributed by atoms with Gasteiger partial charge in [-0.05, 0) is 55.3 Å². The lowest BCUT2D eigenvalue weighted by atomic mass is 10.1. The Morgan fingerprint density at radius 2 is 1.70 bits per heavy atom. The number of carbonyl (C=O) groups excluding carboxylic acids is 1. The van der Waals surface area contributed by atoms with Crippen molar-refractivity contribution < 1.29 is 4.79 Å². The van der Waals surface area contributed by atoms with E-state index in [2.05, 4.69) is 46.3 Å². The summed E-state index contributed by atoms with van der Waals surface area (Å²) < 4.78 is 0. The molecular formula is C22H28ClN3O. The van der Waals surface area contributed by atoms with Crippen molar-refractivity contribution in [3.05, 3.63) is 70.2 Å². The van der Waals surface area contributed by atoms with Crippen molar-refractivity contribution in [3.8, 4) is 0 Å². The molecule has 1 saturated heterocycles. The predicted octanol–water partition coefficient (Wildman–Crippen LogP) is 3.47. The maximum Gasteiger partial charge on any atom is 0.234 e. The van der Waals surface area contributed by atoms with Crippen LogP contribution in [0.5, 0.6) is 0 Å². The third-order valence-corrected chi connectivity index (χ3v) is 5.36. The van der Waals surface area contributed by atoms with Gasteiger partial charge in [0.1, 0.15) is 0 Å². The molecule has 1 fully saturated rings. The van der Waals surface area contributed by atoms with E-state index in [1.807, 2.05) is 24.3 Å². The summed E-state index contributed by atoms with van der Waals surface area (Å²) >= 11 is 5.89. The molecule has 0 saturated carbocycles. The highest BCUT2D eigenvalue weighted by Crippen LogP contribution is 2.13. The first-order chi connectivity index (χ1) is 13.1. The molecule has 1 aliphatic rings. The highest BCUT2D eigenvalue weighted by molar-refractivity contribution is 6.30. The molecule has 5 heteroatoms. The average molecular weight is 386 g/mol. The Balaban J connectivity index is 1.43. The monoisotopic (exact) mass is 385 g/mol. The summed E-state index contributed by atoms with van der Waals surface area (Å²) in [6, 6.07) is 16.2. The van der Waals surface area contributed by atoms with Crippen LogP contribution in [0.1, 0.15) is 23.1 Å². The van der Waals surface area contributed by atoms with E-state index in [9.17, 15) is 4.79 Å². The van der Waals surface area contributed by atoms with Gasteiger partial charge in [0.15, 0.2) is 0 Å². The van der Waals surface area contributed by atoms with Crippen LogP contribution >= 0.6 is 11.6 Å². The van der Waals surface area contributed by atoms with Crippen molar-refractivity contribution in [3.63, 3.8) is 0 Å². The zero-order valence-corrected chi connectivity index (χ0v) is 16.7. The molecule has 1 N–H and O–H groups in total. The number of hydrogen-bond acceptors (Lipinski definition) is 3. The second kappa shape index (κ2) is 9.88. The summed E-state index contributed by atoms with van der Waals surface area (Å²) in [6.45, 7) is 8.15. The number of rotatable bonds is 6. The topological polar surface area (TPSA) is 35.6 Å². The van der Waals surface area contributed by atoms with E-state index < -0.39 is 0 Å². The fraction of sp³-hybridized carbons (Fsp3) is 0.409. The first-order valence-corrected chi connectivity index (χ1v) is 9.98. The van der Waals surface area contributed by atoms with Crippen LogP contribution in [0.2, 0.25) is 5.02 Å². The molecule has 1 aliphatic heterocycles. The van der Waals surface area contributed by atoms with Crippen molar-refractivity contribution in [2.75, 3.05) is 32.7 Å². The summed E-state index contributed by atoms with van der Waals surface area (Å²) in [6.07, 6.45) is 1.09. The van der Waals surface area contributed by atoms with Crippen molar-refractivity contribution in [2.24, 2.45) is 0 Å². The summed E-state index contributed by atoms with van der Waals surface area (Å²) in [4.78, 5) is 17.0. The average Bonchev–Trinajstić information content (AvgIpc) is 2.88. The first kappa shape index (κ1) is 19.9. The Morgan fingerprint density at radius 1 is 1.00 bits per heavy atom. The molecule has 0 radical (unpaired) electrons. The van der Waals surface area contributed by atoms with Gasteiger partial charge < -0.3 is 5.32 Å². The molecule has 0 atom stereocenters. The lowest BCUT2D eigenvalue weighted by Gasteiger charge is -2.22. The van der Waals surface area contributed by atoms with E-state index in [4.69, 9.17) is 11.6 Å². The molecular weight excluding hydrogens is 358 g/mol. The zero-order valence-electron chi connectivity index (χ0n) is 16.0. The van der Waals surface area contributed by atoms with Gasteiger partial charge in [-0.3, -0.25) is 14.6 Å². The molecule has 0 aromatic heterocycles. The number of carbonyl (C=O) groups is 1. The van der Waals surface area contributed by atoms with E-state index >= 15 is 0 Å². The third kappa shape index (κ3) is 6.35. The molecule has 0 aliphatic carbocycles. The highest BCUT2D eigenvalue weighted by atomic mass is 35.5. The normalized spacial score (nSPS) is 16.1. The van der Waals surface area contributed by atoms with Gasteiger partial charge in [-0.25, -0.2) is 0 Å². The molecule has 4 nitrogen and oxygen atoms in total. The quantitative estimate of drug-likeness (QED) is 0.827. The standard InChI is InChI=1S/C22H28ClN3O/c1-18-5-2-3-6-20(18)16-25-11-4-12-26(14-13-25)17-22(27)24-15-19-7-9-21(23)10-8-19/h2-3,5-10H,4,11-17H2,1H3,(H,24,27). The fourth-order valence-corrected chi connectivity index (χ4v) is 3.56. The molecule has 1 amide bonds. The summed E-state index contributed by atoms with van der Waals surface area (Å²) in [7, 11) is 0. The molecule has 1 heterocycles. The Bertz CT molecular complexity index is 747. The SMILES string of the molecule is Cc1ccccc1CN1CCCN(CC(=O)NCc2ccc(Cl)cc2)CC1. The van der Waals surface area contributed by atoms with Crippen molar-refractivity contribution in [1.29, 1.82) is 0 Å². The van der Waals surface area contributed by atoms with Gasteiger partial charge in [-0.15, -0.1) is 0 Å². The number of hydrogen-bond donors (Lipinski definition) is 1. The number of halogens is 1. The zero-order chi connectivity index (χ0) is 19.1. The van der Waals surface area contributed by atoms with Crippen LogP contribution in [0.3, 0.4) is 0 Å². The fourth-order valence-electron chi connectivity index (χ4n) is 3.43. The molecule has 144 valence electrons. The molecule has 27 heavy (non-hydrogen) atoms. The highest BCUT2D eigenvalue weighted by Gasteiger charge is 2.17. The van der Waals surface area contributed by atoms with Crippen LogP contribution in [-0.4, -0.2) is 48.4 Å². The molecule has 0 unspecified atom stereocenters. The van der Waals surface area contributed by atoms with Crippen LogP contribution in [0.4, 0.5) is 0 Å². The summed E-state index contributed by atoms with van der Waals surface area (Å²) in [5.41, 5.74) is 3.81. The molecule has 0 spiro atoms. The summed E-state index contributed by atoms with van der Waals surface area (Å²) in [5, 5.41) is 3.72. The molecule has 2 aromatic carbocycles. The van der Waals surface area contributed by atoms with Gasteiger partial charge >= 0.3 is 0 Å².